The average Bonchev–Trinajstić information content (AvgIpc) is 2.00. The van der Waals surface area contributed by atoms with Crippen molar-refractivity contribution in [2.75, 3.05) is 19.8 Å². The van der Waals surface area contributed by atoms with E-state index in [1.165, 1.54) is 0 Å². The van der Waals surface area contributed by atoms with Gasteiger partial charge < -0.3 is 4.74 Å². The molecule has 2 atom stereocenters. The molecule has 2 rings (SSSR count). The second kappa shape index (κ2) is 4.14. The van der Waals surface area contributed by atoms with E-state index in [9.17, 15) is 8.42 Å². The van der Waals surface area contributed by atoms with E-state index < -0.39 is 10.0 Å². The summed E-state index contributed by atoms with van der Waals surface area (Å²) in [7, 11) is -3.16. The predicted molar refractivity (Wildman–Crippen MR) is 52.3 cm³/mol. The Hall–Kier alpha value is -0.170. The molecule has 0 radical (unpaired) electrons. The van der Waals surface area contributed by atoms with Crippen molar-refractivity contribution in [2.45, 2.75) is 30.7 Å². The van der Waals surface area contributed by atoms with Crippen molar-refractivity contribution < 1.29 is 13.2 Å². The molecule has 2 aliphatic rings. The van der Waals surface area contributed by atoms with Crippen LogP contribution in [0.5, 0.6) is 0 Å². The molecule has 0 amide bonds. The van der Waals surface area contributed by atoms with Gasteiger partial charge in [-0.3, -0.25) is 5.32 Å². The van der Waals surface area contributed by atoms with E-state index in [0.717, 1.165) is 26.0 Å². The summed E-state index contributed by atoms with van der Waals surface area (Å²) in [5.41, 5.74) is 0. The van der Waals surface area contributed by atoms with Gasteiger partial charge in [-0.05, 0) is 25.8 Å². The highest BCUT2D eigenvalue weighted by molar-refractivity contribution is 7.90. The second-order valence-corrected chi connectivity index (χ2v) is 5.70. The summed E-state index contributed by atoms with van der Waals surface area (Å²) in [5, 5.41) is 2.50. The van der Waals surface area contributed by atoms with E-state index >= 15 is 0 Å². The zero-order valence-corrected chi connectivity index (χ0v) is 8.85. The lowest BCUT2D eigenvalue weighted by Gasteiger charge is -2.30. The van der Waals surface area contributed by atoms with E-state index in [-0.39, 0.29) is 11.4 Å². The maximum Gasteiger partial charge on any atom is 0.228 e. The van der Waals surface area contributed by atoms with Crippen molar-refractivity contribution in [3.05, 3.63) is 0 Å². The molecule has 1 unspecified atom stereocenters. The molecule has 5 nitrogen and oxygen atoms in total. The molecular formula is C8H16N2O3S. The largest absolute Gasteiger partial charge is 0.380 e. The summed E-state index contributed by atoms with van der Waals surface area (Å²) >= 11 is 0. The van der Waals surface area contributed by atoms with Crippen LogP contribution in [0.3, 0.4) is 0 Å². The lowest BCUT2D eigenvalue weighted by Crippen LogP contribution is -2.55. The zero-order valence-electron chi connectivity index (χ0n) is 8.03. The standard InChI is InChI=1S/C8H16N2O3S/c11-14(12,8-3-4-9-8)10-7-2-1-5-13-6-7/h7-10H,1-6H2/t7-,8?/m1/s1. The van der Waals surface area contributed by atoms with Crippen LogP contribution >= 0.6 is 0 Å². The molecule has 2 N–H and O–H groups in total. The van der Waals surface area contributed by atoms with E-state index in [0.29, 0.717) is 13.0 Å². The van der Waals surface area contributed by atoms with Crippen LogP contribution in [-0.4, -0.2) is 39.6 Å². The fourth-order valence-electron chi connectivity index (χ4n) is 1.68. The summed E-state index contributed by atoms with van der Waals surface area (Å²) < 4.78 is 31.2. The molecule has 82 valence electrons. The lowest BCUT2D eigenvalue weighted by atomic mass is 10.1. The number of rotatable bonds is 3. The van der Waals surface area contributed by atoms with Crippen LogP contribution in [0, 0.1) is 0 Å². The van der Waals surface area contributed by atoms with Gasteiger partial charge in [0.05, 0.1) is 6.61 Å². The SMILES string of the molecule is O=S(=O)(N[C@@H]1CCCOC1)C1CCN1. The fraction of sp³-hybridized carbons (Fsp3) is 1.00. The number of nitrogens with one attached hydrogen (secondary N) is 2. The molecule has 0 aromatic carbocycles. The van der Waals surface area contributed by atoms with E-state index in [4.69, 9.17) is 4.74 Å². The topological polar surface area (TPSA) is 67.4 Å². The van der Waals surface area contributed by atoms with Gasteiger partial charge >= 0.3 is 0 Å². The highest BCUT2D eigenvalue weighted by Gasteiger charge is 2.32. The van der Waals surface area contributed by atoms with Crippen molar-refractivity contribution in [3.63, 3.8) is 0 Å². The Labute approximate surface area is 84.3 Å². The van der Waals surface area contributed by atoms with Crippen molar-refractivity contribution >= 4 is 10.0 Å². The summed E-state index contributed by atoms with van der Waals surface area (Å²) in [5.74, 6) is 0. The Morgan fingerprint density at radius 3 is 2.64 bits per heavy atom. The predicted octanol–water partition coefficient (Wildman–Crippen LogP) is -0.596. The smallest absolute Gasteiger partial charge is 0.228 e. The van der Waals surface area contributed by atoms with Gasteiger partial charge in [0.2, 0.25) is 10.0 Å². The minimum Gasteiger partial charge on any atom is -0.380 e. The highest BCUT2D eigenvalue weighted by atomic mass is 32.2. The Morgan fingerprint density at radius 2 is 2.14 bits per heavy atom. The molecule has 2 heterocycles. The molecule has 0 saturated carbocycles. The van der Waals surface area contributed by atoms with Gasteiger partial charge in [0.25, 0.3) is 0 Å². The first-order valence-corrected chi connectivity index (χ1v) is 6.55. The number of sulfonamides is 1. The maximum absolute atomic E-state index is 11.7. The Balaban J connectivity index is 1.88. The van der Waals surface area contributed by atoms with Gasteiger partial charge in [-0.15, -0.1) is 0 Å². The average molecular weight is 220 g/mol. The van der Waals surface area contributed by atoms with Crippen LogP contribution in [0.15, 0.2) is 0 Å². The third kappa shape index (κ3) is 2.25. The molecule has 2 saturated heterocycles. The third-order valence-electron chi connectivity index (χ3n) is 2.64. The number of ether oxygens (including phenoxy) is 1. The normalized spacial score (nSPS) is 33.7. The van der Waals surface area contributed by atoms with Crippen LogP contribution in [0.2, 0.25) is 0 Å². The molecule has 0 aromatic rings. The van der Waals surface area contributed by atoms with Crippen LogP contribution < -0.4 is 10.0 Å². The van der Waals surface area contributed by atoms with Gasteiger partial charge in [-0.2, -0.15) is 0 Å². The summed E-state index contributed by atoms with van der Waals surface area (Å²) in [6, 6.07) is -0.0313. The number of hydrogen-bond acceptors (Lipinski definition) is 4. The molecule has 0 spiro atoms. The monoisotopic (exact) mass is 220 g/mol. The van der Waals surface area contributed by atoms with Crippen LogP contribution in [0.25, 0.3) is 0 Å². The first-order chi connectivity index (χ1) is 6.68. The van der Waals surface area contributed by atoms with Gasteiger partial charge in [0, 0.05) is 12.6 Å². The molecular weight excluding hydrogens is 204 g/mol. The minimum absolute atomic E-state index is 0.0313. The Bertz CT molecular complexity index is 281. The summed E-state index contributed by atoms with van der Waals surface area (Å²) in [6.45, 7) is 2.05. The summed E-state index contributed by atoms with van der Waals surface area (Å²) in [4.78, 5) is 0. The van der Waals surface area contributed by atoms with Gasteiger partial charge in [0.1, 0.15) is 5.37 Å². The van der Waals surface area contributed by atoms with Gasteiger partial charge in [0.15, 0.2) is 0 Å². The second-order valence-electron chi connectivity index (χ2n) is 3.81. The lowest BCUT2D eigenvalue weighted by molar-refractivity contribution is 0.0772. The quantitative estimate of drug-likeness (QED) is 0.667. The van der Waals surface area contributed by atoms with E-state index in [1.807, 2.05) is 0 Å². The molecule has 0 bridgehead atoms. The highest BCUT2D eigenvalue weighted by Crippen LogP contribution is 2.12. The van der Waals surface area contributed by atoms with Crippen LogP contribution in [-0.2, 0) is 14.8 Å². The van der Waals surface area contributed by atoms with Crippen molar-refractivity contribution in [3.8, 4) is 0 Å². The van der Waals surface area contributed by atoms with E-state index in [1.54, 1.807) is 0 Å². The fourth-order valence-corrected chi connectivity index (χ4v) is 3.26. The van der Waals surface area contributed by atoms with Crippen molar-refractivity contribution in [1.82, 2.24) is 10.0 Å². The van der Waals surface area contributed by atoms with Gasteiger partial charge in [-0.25, -0.2) is 13.1 Å². The first-order valence-electron chi connectivity index (χ1n) is 5.01. The molecule has 6 heteroatoms. The Morgan fingerprint density at radius 1 is 1.36 bits per heavy atom. The summed E-state index contributed by atoms with van der Waals surface area (Å²) in [6.07, 6.45) is 2.53. The zero-order chi connectivity index (χ0) is 10.0. The van der Waals surface area contributed by atoms with E-state index in [2.05, 4.69) is 10.0 Å². The molecule has 0 aliphatic carbocycles. The molecule has 0 aromatic heterocycles. The maximum atomic E-state index is 11.7. The van der Waals surface area contributed by atoms with Crippen LogP contribution in [0.4, 0.5) is 0 Å². The first kappa shape index (κ1) is 10.4. The van der Waals surface area contributed by atoms with Crippen LogP contribution in [0.1, 0.15) is 19.3 Å². The minimum atomic E-state index is -3.16. The molecule has 14 heavy (non-hydrogen) atoms. The third-order valence-corrected chi connectivity index (χ3v) is 4.46. The molecule has 2 fully saturated rings. The molecule has 2 aliphatic heterocycles. The van der Waals surface area contributed by atoms with Crippen molar-refractivity contribution in [1.29, 1.82) is 0 Å². The van der Waals surface area contributed by atoms with Gasteiger partial charge in [-0.1, -0.05) is 0 Å². The Kier molecular flexibility index (Phi) is 3.06. The number of hydrogen-bond donors (Lipinski definition) is 2. The van der Waals surface area contributed by atoms with Crippen molar-refractivity contribution in [2.24, 2.45) is 0 Å².